The average Bonchev–Trinajstić information content (AvgIpc) is 3.63. The van der Waals surface area contributed by atoms with E-state index in [4.69, 9.17) is 11.6 Å². The zero-order chi connectivity index (χ0) is 40.6. The van der Waals surface area contributed by atoms with E-state index in [0.29, 0.717) is 43.1 Å². The second kappa shape index (κ2) is 16.8. The number of nitrogens with one attached hydrogen (secondary N) is 1. The second-order valence-corrected chi connectivity index (χ2v) is 17.2. The number of hydrogen-bond acceptors (Lipinski definition) is 9. The van der Waals surface area contributed by atoms with Crippen molar-refractivity contribution < 1.29 is 24.3 Å². The quantitative estimate of drug-likeness (QED) is 0.0538. The van der Waals surface area contributed by atoms with Gasteiger partial charge in [0.2, 0.25) is 17.6 Å². The molecular weight excluding hydrogens is 762 g/mol. The maximum absolute atomic E-state index is 13.0. The van der Waals surface area contributed by atoms with Crippen molar-refractivity contribution in [1.82, 2.24) is 15.1 Å². The number of nitrogens with zero attached hydrogens (tertiary/aromatic N) is 4. The van der Waals surface area contributed by atoms with Gasteiger partial charge in [-0.15, -0.1) is 11.6 Å². The number of halogens is 1. The van der Waals surface area contributed by atoms with Crippen LogP contribution in [0.4, 0.5) is 11.4 Å². The molecular formula is C48H50ClN5O5. The lowest BCUT2D eigenvalue weighted by Gasteiger charge is -2.58. The van der Waals surface area contributed by atoms with Crippen LogP contribution in [0, 0.1) is 5.92 Å². The van der Waals surface area contributed by atoms with Crippen molar-refractivity contribution in [1.29, 1.82) is 0 Å². The molecule has 5 fully saturated rings. The minimum atomic E-state index is -0.818. The van der Waals surface area contributed by atoms with E-state index in [-0.39, 0.29) is 18.1 Å². The smallest absolute Gasteiger partial charge is 0.243 e. The van der Waals surface area contributed by atoms with Crippen LogP contribution in [0.3, 0.4) is 0 Å². The number of alkyl halides is 1. The number of phenolic OH excluding ortho intramolecular Hbond substituents is 1. The summed E-state index contributed by atoms with van der Waals surface area (Å²) in [7, 11) is 0. The van der Waals surface area contributed by atoms with Crippen LogP contribution in [0.15, 0.2) is 97.1 Å². The number of carbonyl (C=O) groups is 4. The molecule has 0 spiro atoms. The number of imide groups is 1. The molecule has 304 valence electrons. The van der Waals surface area contributed by atoms with E-state index in [0.717, 1.165) is 97.5 Å². The molecule has 4 aromatic carbocycles. The maximum atomic E-state index is 13.0. The number of piperidine rings is 3. The Morgan fingerprint density at radius 1 is 0.831 bits per heavy atom. The van der Waals surface area contributed by atoms with E-state index in [1.54, 1.807) is 17.0 Å². The Balaban J connectivity index is 0.826. The Hall–Kier alpha value is -5.29. The summed E-state index contributed by atoms with van der Waals surface area (Å²) in [6, 6.07) is 32.4. The lowest BCUT2D eigenvalue weighted by molar-refractivity contribution is -0.141. The van der Waals surface area contributed by atoms with Gasteiger partial charge in [-0.25, -0.2) is 0 Å². The number of Topliss-reactive ketones (excluding diaryl/α,β-unsaturated/α-hetero) is 1. The molecule has 4 aromatic rings. The highest BCUT2D eigenvalue weighted by Crippen LogP contribution is 2.44. The van der Waals surface area contributed by atoms with Crippen molar-refractivity contribution in [3.8, 4) is 5.75 Å². The summed E-state index contributed by atoms with van der Waals surface area (Å²) in [5, 5.41) is 12.5. The van der Waals surface area contributed by atoms with Gasteiger partial charge in [-0.1, -0.05) is 60.7 Å². The highest BCUT2D eigenvalue weighted by Gasteiger charge is 2.47. The first-order valence-electron chi connectivity index (χ1n) is 21.0. The van der Waals surface area contributed by atoms with Crippen molar-refractivity contribution >= 4 is 58.0 Å². The largest absolute Gasteiger partial charge is 0.508 e. The number of phenols is 1. The maximum Gasteiger partial charge on any atom is 0.243 e. The van der Waals surface area contributed by atoms with Gasteiger partial charge in [0.1, 0.15) is 11.8 Å². The molecule has 5 saturated heterocycles. The molecule has 11 heteroatoms. The topological polar surface area (TPSA) is 114 Å². The second-order valence-electron chi connectivity index (χ2n) is 16.8. The predicted octanol–water partition coefficient (Wildman–Crippen LogP) is 6.59. The van der Waals surface area contributed by atoms with Gasteiger partial charge in [0.25, 0.3) is 0 Å². The Kier molecular flexibility index (Phi) is 11.1. The summed E-state index contributed by atoms with van der Waals surface area (Å²) in [5.41, 5.74) is 9.67. The number of amides is 2. The average molecular weight is 812 g/mol. The fraction of sp³-hybridized carbons (Fsp3) is 0.375. The minimum absolute atomic E-state index is 0.215. The van der Waals surface area contributed by atoms with Crippen LogP contribution in [0.2, 0.25) is 0 Å². The Morgan fingerprint density at radius 3 is 2.17 bits per heavy atom. The number of aromatic hydroxyl groups is 1. The Labute approximate surface area is 350 Å². The first-order chi connectivity index (χ1) is 28.8. The highest BCUT2D eigenvalue weighted by molar-refractivity contribution is 6.27. The van der Waals surface area contributed by atoms with Crippen molar-refractivity contribution in [3.05, 3.63) is 125 Å². The number of carbonyl (C=O) groups excluding carboxylic acids is 4. The molecule has 0 saturated carbocycles. The lowest BCUT2D eigenvalue weighted by atomic mass is 9.85. The molecule has 4 atom stereocenters. The van der Waals surface area contributed by atoms with Crippen LogP contribution in [-0.4, -0.2) is 95.5 Å². The van der Waals surface area contributed by atoms with Gasteiger partial charge in [0.05, 0.1) is 6.04 Å². The zero-order valence-corrected chi connectivity index (χ0v) is 33.9. The van der Waals surface area contributed by atoms with Gasteiger partial charge in [-0.2, -0.15) is 0 Å². The van der Waals surface area contributed by atoms with Crippen molar-refractivity contribution in [2.75, 3.05) is 48.4 Å². The molecule has 2 amide bonds. The molecule has 2 N–H and O–H groups in total. The number of anilines is 2. The van der Waals surface area contributed by atoms with Gasteiger partial charge >= 0.3 is 0 Å². The minimum Gasteiger partial charge on any atom is -0.508 e. The number of aldehydes is 1. The molecule has 10 nitrogen and oxygen atoms in total. The van der Waals surface area contributed by atoms with Crippen LogP contribution in [-0.2, 0) is 25.7 Å². The van der Waals surface area contributed by atoms with Crippen molar-refractivity contribution in [3.63, 3.8) is 0 Å². The molecule has 2 bridgehead atoms. The predicted molar refractivity (Wildman–Crippen MR) is 230 cm³/mol. The zero-order valence-electron chi connectivity index (χ0n) is 33.1. The molecule has 0 aromatic heterocycles. The van der Waals surface area contributed by atoms with Crippen LogP contribution in [0.5, 0.6) is 5.75 Å². The van der Waals surface area contributed by atoms with Gasteiger partial charge in [0, 0.05) is 75.0 Å². The molecule has 6 aliphatic rings. The number of benzene rings is 4. The molecule has 10 rings (SSSR count). The number of ketones is 1. The summed E-state index contributed by atoms with van der Waals surface area (Å²) in [4.78, 5) is 58.9. The molecule has 59 heavy (non-hydrogen) atoms. The van der Waals surface area contributed by atoms with E-state index >= 15 is 0 Å². The normalized spacial score (nSPS) is 23.9. The number of piperazine rings is 1. The van der Waals surface area contributed by atoms with Crippen LogP contribution in [0.25, 0.3) is 11.1 Å². The third-order valence-corrected chi connectivity index (χ3v) is 13.4. The summed E-state index contributed by atoms with van der Waals surface area (Å²) in [5.74, 6) is 0.121. The van der Waals surface area contributed by atoms with Gasteiger partial charge in [-0.05, 0) is 113 Å². The van der Waals surface area contributed by atoms with E-state index in [9.17, 15) is 24.3 Å². The molecule has 6 heterocycles. The van der Waals surface area contributed by atoms with Crippen molar-refractivity contribution in [2.24, 2.45) is 5.92 Å². The van der Waals surface area contributed by atoms with Crippen LogP contribution >= 0.6 is 11.6 Å². The van der Waals surface area contributed by atoms with E-state index in [1.165, 1.54) is 11.3 Å². The third-order valence-electron chi connectivity index (χ3n) is 13.2. The molecule has 6 aliphatic heterocycles. The Morgan fingerprint density at radius 2 is 1.51 bits per heavy atom. The summed E-state index contributed by atoms with van der Waals surface area (Å²) < 4.78 is 0. The van der Waals surface area contributed by atoms with Crippen LogP contribution in [0.1, 0.15) is 72.4 Å². The van der Waals surface area contributed by atoms with Gasteiger partial charge in [-0.3, -0.25) is 34.3 Å². The van der Waals surface area contributed by atoms with Gasteiger partial charge < -0.3 is 14.9 Å². The third kappa shape index (κ3) is 7.81. The summed E-state index contributed by atoms with van der Waals surface area (Å²) in [6.07, 6.45) is 5.06. The number of allylic oxidation sites excluding steroid dienone is 1. The fourth-order valence-corrected chi connectivity index (χ4v) is 10.6. The summed E-state index contributed by atoms with van der Waals surface area (Å²) in [6.45, 7) is 5.52. The first kappa shape index (κ1) is 39.2. The van der Waals surface area contributed by atoms with Crippen molar-refractivity contribution in [2.45, 2.75) is 69.2 Å². The van der Waals surface area contributed by atoms with E-state index in [1.807, 2.05) is 24.3 Å². The SMILES string of the molecule is O=CC(=O)C1c2cc(N3C4CC3CN(CC3CCN(c5ccc(C(=C(CCCl)c6ccccc6)c6ccc(O)cc6)cc5)CC3)C4)ccc2CN1C1CCC(=O)NC1=O. The molecule has 4 unspecified atom stereocenters. The standard InChI is InChI=1S/C48H50ClN5O5/c49-21-18-41(32-4-2-1-3-5-32)46(34-9-14-40(56)15-10-34)33-6-11-36(12-7-33)52-22-19-31(20-23-52)26-51-28-38-24-39(29-51)54(38)37-13-8-35-27-53(43-16-17-45(58)50-48(43)59)47(42(35)25-37)44(57)30-55/h1-15,25,30-31,38-39,43,47,56H,16-24,26-29H2,(H,50,58,59). The Bertz CT molecular complexity index is 2240. The number of rotatable bonds is 12. The molecule has 0 aliphatic carbocycles. The number of hydrogen-bond donors (Lipinski definition) is 2. The lowest BCUT2D eigenvalue weighted by Crippen LogP contribution is -2.69. The first-order valence-corrected chi connectivity index (χ1v) is 21.5. The fourth-order valence-electron chi connectivity index (χ4n) is 10.4. The molecule has 0 radical (unpaired) electrons. The number of fused-ring (bicyclic) bond motifs is 3. The highest BCUT2D eigenvalue weighted by atomic mass is 35.5. The van der Waals surface area contributed by atoms with Gasteiger partial charge in [0.15, 0.2) is 6.29 Å². The van der Waals surface area contributed by atoms with E-state index < -0.39 is 23.8 Å². The monoisotopic (exact) mass is 811 g/mol. The summed E-state index contributed by atoms with van der Waals surface area (Å²) >= 11 is 6.37. The van der Waals surface area contributed by atoms with E-state index in [2.05, 4.69) is 80.7 Å². The van der Waals surface area contributed by atoms with Crippen LogP contribution < -0.4 is 15.1 Å².